The van der Waals surface area contributed by atoms with Gasteiger partial charge in [0.1, 0.15) is 18.8 Å². The average Bonchev–Trinajstić information content (AvgIpc) is 3.27. The Kier molecular flexibility index (Phi) is 5.34. The molecule has 3 aliphatic rings. The highest BCUT2D eigenvalue weighted by molar-refractivity contribution is 6.07. The third-order valence-electron chi connectivity index (χ3n) is 5.93. The van der Waals surface area contributed by atoms with Gasteiger partial charge < -0.3 is 20.1 Å². The van der Waals surface area contributed by atoms with Crippen LogP contribution in [0.2, 0.25) is 0 Å². The van der Waals surface area contributed by atoms with Crippen LogP contribution in [0.15, 0.2) is 18.2 Å². The van der Waals surface area contributed by atoms with E-state index in [1.165, 1.54) is 4.90 Å². The van der Waals surface area contributed by atoms with Crippen molar-refractivity contribution in [2.75, 3.05) is 19.8 Å². The smallest absolute Gasteiger partial charge is 0.325 e. The summed E-state index contributed by atoms with van der Waals surface area (Å²) in [6.07, 6.45) is 4.02. The van der Waals surface area contributed by atoms with E-state index in [-0.39, 0.29) is 36.9 Å². The molecule has 8 heteroatoms. The van der Waals surface area contributed by atoms with Crippen molar-refractivity contribution in [1.82, 2.24) is 15.5 Å². The Morgan fingerprint density at radius 1 is 1.21 bits per heavy atom. The summed E-state index contributed by atoms with van der Waals surface area (Å²) in [6.45, 7) is 3.22. The van der Waals surface area contributed by atoms with E-state index in [0.29, 0.717) is 44.0 Å². The molecule has 1 aliphatic carbocycles. The second kappa shape index (κ2) is 7.93. The van der Waals surface area contributed by atoms with Gasteiger partial charge in [-0.2, -0.15) is 0 Å². The standard InChI is InChI=1S/C21H27N3O5/c1-14(15-6-7-16-17(13-15)29-12-11-28-16)22-18(25)5-4-10-24-19(26)21(23-20(24)27)8-2-3-9-21/h6-7,13-14H,2-5,8-12H2,1H3,(H,22,25)(H,23,27)/t14-/m1/s1. The minimum atomic E-state index is -0.688. The van der Waals surface area contributed by atoms with Gasteiger partial charge in [0.25, 0.3) is 5.91 Å². The van der Waals surface area contributed by atoms with Crippen molar-refractivity contribution in [3.8, 4) is 11.5 Å². The summed E-state index contributed by atoms with van der Waals surface area (Å²) in [7, 11) is 0. The zero-order valence-corrected chi connectivity index (χ0v) is 16.7. The highest BCUT2D eigenvalue weighted by atomic mass is 16.6. The quantitative estimate of drug-likeness (QED) is 0.713. The topological polar surface area (TPSA) is 97.0 Å². The van der Waals surface area contributed by atoms with Crippen molar-refractivity contribution >= 4 is 17.8 Å². The van der Waals surface area contributed by atoms with Crippen molar-refractivity contribution in [1.29, 1.82) is 0 Å². The third-order valence-corrected chi connectivity index (χ3v) is 5.93. The molecule has 2 N–H and O–H groups in total. The molecule has 1 atom stereocenters. The van der Waals surface area contributed by atoms with Crippen LogP contribution in [0.25, 0.3) is 0 Å². The van der Waals surface area contributed by atoms with Gasteiger partial charge in [-0.05, 0) is 43.9 Å². The molecule has 2 aliphatic heterocycles. The first-order valence-corrected chi connectivity index (χ1v) is 10.3. The maximum atomic E-state index is 12.6. The fraction of sp³-hybridized carbons (Fsp3) is 0.571. The maximum absolute atomic E-state index is 12.6. The highest BCUT2D eigenvalue weighted by Gasteiger charge is 2.52. The van der Waals surface area contributed by atoms with Gasteiger partial charge in [-0.25, -0.2) is 4.79 Å². The first kappa shape index (κ1) is 19.5. The number of hydrogen-bond acceptors (Lipinski definition) is 5. The van der Waals surface area contributed by atoms with Gasteiger partial charge in [-0.15, -0.1) is 0 Å². The first-order valence-electron chi connectivity index (χ1n) is 10.3. The Hall–Kier alpha value is -2.77. The SMILES string of the molecule is C[C@@H](NC(=O)CCCN1C(=O)NC2(CCCC2)C1=O)c1ccc2c(c1)OCCO2. The number of nitrogens with one attached hydrogen (secondary N) is 2. The van der Waals surface area contributed by atoms with Gasteiger partial charge >= 0.3 is 6.03 Å². The fourth-order valence-electron chi connectivity index (χ4n) is 4.32. The summed E-state index contributed by atoms with van der Waals surface area (Å²) in [6, 6.07) is 5.13. The molecule has 4 amide bonds. The van der Waals surface area contributed by atoms with Gasteiger partial charge in [0, 0.05) is 13.0 Å². The summed E-state index contributed by atoms with van der Waals surface area (Å²) >= 11 is 0. The molecule has 29 heavy (non-hydrogen) atoms. The van der Waals surface area contributed by atoms with Gasteiger partial charge in [0.2, 0.25) is 5.91 Å². The van der Waals surface area contributed by atoms with Crippen LogP contribution >= 0.6 is 0 Å². The number of carbonyl (C=O) groups excluding carboxylic acids is 3. The Labute approximate surface area is 169 Å². The van der Waals surface area contributed by atoms with Crippen molar-refractivity contribution in [3.63, 3.8) is 0 Å². The number of urea groups is 1. The number of carbonyl (C=O) groups is 3. The van der Waals surface area contributed by atoms with Crippen molar-refractivity contribution in [2.45, 2.75) is 57.0 Å². The van der Waals surface area contributed by atoms with E-state index in [1.807, 2.05) is 25.1 Å². The van der Waals surface area contributed by atoms with Crippen molar-refractivity contribution < 1.29 is 23.9 Å². The van der Waals surface area contributed by atoms with E-state index < -0.39 is 5.54 Å². The van der Waals surface area contributed by atoms with E-state index in [1.54, 1.807) is 0 Å². The summed E-state index contributed by atoms with van der Waals surface area (Å²) in [4.78, 5) is 38.4. The van der Waals surface area contributed by atoms with E-state index in [9.17, 15) is 14.4 Å². The number of hydrogen-bond donors (Lipinski definition) is 2. The molecule has 0 unspecified atom stereocenters. The van der Waals surface area contributed by atoms with Crippen molar-refractivity contribution in [2.24, 2.45) is 0 Å². The highest BCUT2D eigenvalue weighted by Crippen LogP contribution is 2.35. The Morgan fingerprint density at radius 3 is 2.69 bits per heavy atom. The number of imide groups is 1. The normalized spacial score (nSPS) is 20.7. The second-order valence-electron chi connectivity index (χ2n) is 7.97. The Bertz CT molecular complexity index is 819. The second-order valence-corrected chi connectivity index (χ2v) is 7.97. The first-order chi connectivity index (χ1) is 14.0. The number of rotatable bonds is 6. The molecule has 1 aromatic rings. The molecule has 1 saturated carbocycles. The maximum Gasteiger partial charge on any atom is 0.325 e. The fourth-order valence-corrected chi connectivity index (χ4v) is 4.32. The van der Waals surface area contributed by atoms with Gasteiger partial charge in [0.15, 0.2) is 11.5 Å². The monoisotopic (exact) mass is 401 g/mol. The number of fused-ring (bicyclic) bond motifs is 1. The Morgan fingerprint density at radius 2 is 1.93 bits per heavy atom. The van der Waals surface area contributed by atoms with Gasteiger partial charge in [-0.3, -0.25) is 14.5 Å². The lowest BCUT2D eigenvalue weighted by atomic mass is 9.98. The van der Waals surface area contributed by atoms with Crippen LogP contribution in [0.4, 0.5) is 4.79 Å². The summed E-state index contributed by atoms with van der Waals surface area (Å²) < 4.78 is 11.1. The zero-order chi connectivity index (χ0) is 20.4. The number of nitrogens with zero attached hydrogens (tertiary/aromatic N) is 1. The van der Waals surface area contributed by atoms with Crippen LogP contribution in [0.1, 0.15) is 57.1 Å². The van der Waals surface area contributed by atoms with Crippen molar-refractivity contribution in [3.05, 3.63) is 23.8 Å². The van der Waals surface area contributed by atoms with E-state index in [2.05, 4.69) is 10.6 Å². The lowest BCUT2D eigenvalue weighted by molar-refractivity contribution is -0.131. The number of amides is 4. The van der Waals surface area contributed by atoms with Crippen LogP contribution < -0.4 is 20.1 Å². The molecule has 1 aromatic carbocycles. The zero-order valence-electron chi connectivity index (χ0n) is 16.7. The molecule has 0 bridgehead atoms. The van der Waals surface area contributed by atoms with Crippen LogP contribution in [-0.2, 0) is 9.59 Å². The van der Waals surface area contributed by atoms with Crippen LogP contribution in [0.5, 0.6) is 11.5 Å². The summed E-state index contributed by atoms with van der Waals surface area (Å²) in [5.74, 6) is 1.15. The lowest BCUT2D eigenvalue weighted by Crippen LogP contribution is -2.44. The molecule has 1 saturated heterocycles. The van der Waals surface area contributed by atoms with Crippen LogP contribution in [-0.4, -0.2) is 48.0 Å². The minimum absolute atomic E-state index is 0.116. The Balaban J connectivity index is 1.26. The molecule has 8 nitrogen and oxygen atoms in total. The molecular formula is C21H27N3O5. The van der Waals surface area contributed by atoms with Crippen LogP contribution in [0, 0.1) is 0 Å². The van der Waals surface area contributed by atoms with E-state index in [4.69, 9.17) is 9.47 Å². The number of ether oxygens (including phenoxy) is 2. The third kappa shape index (κ3) is 3.88. The number of benzene rings is 1. The molecule has 4 rings (SSSR count). The molecular weight excluding hydrogens is 374 g/mol. The largest absolute Gasteiger partial charge is 0.486 e. The summed E-state index contributed by atoms with van der Waals surface area (Å²) in [5, 5.41) is 5.82. The van der Waals surface area contributed by atoms with E-state index in [0.717, 1.165) is 18.4 Å². The van der Waals surface area contributed by atoms with Gasteiger partial charge in [-0.1, -0.05) is 18.9 Å². The molecule has 156 valence electrons. The van der Waals surface area contributed by atoms with E-state index >= 15 is 0 Å². The minimum Gasteiger partial charge on any atom is -0.486 e. The molecule has 2 heterocycles. The average molecular weight is 401 g/mol. The molecule has 2 fully saturated rings. The molecule has 0 aromatic heterocycles. The van der Waals surface area contributed by atoms with Crippen LogP contribution in [0.3, 0.4) is 0 Å². The lowest BCUT2D eigenvalue weighted by Gasteiger charge is -2.21. The summed E-state index contributed by atoms with van der Waals surface area (Å²) in [5.41, 5.74) is 0.242. The predicted molar refractivity (Wildman–Crippen MR) is 105 cm³/mol. The molecule has 1 spiro atoms. The predicted octanol–water partition coefficient (Wildman–Crippen LogP) is 2.28. The molecule has 0 radical (unpaired) electrons. The van der Waals surface area contributed by atoms with Gasteiger partial charge in [0.05, 0.1) is 6.04 Å².